The average molecular weight is 542 g/mol. The second kappa shape index (κ2) is 10.8. The third kappa shape index (κ3) is 5.80. The number of benzene rings is 3. The first-order valence-corrected chi connectivity index (χ1v) is 12.3. The predicted molar refractivity (Wildman–Crippen MR) is 144 cm³/mol. The monoisotopic (exact) mass is 541 g/mol. The molecule has 0 radical (unpaired) electrons. The smallest absolute Gasteiger partial charge is 0.416 e. The van der Waals surface area contributed by atoms with E-state index in [-0.39, 0.29) is 22.6 Å². The van der Waals surface area contributed by atoms with Crippen LogP contribution in [-0.2, 0) is 22.3 Å². The lowest BCUT2D eigenvalue weighted by atomic mass is 10.0. The van der Waals surface area contributed by atoms with Gasteiger partial charge in [0.2, 0.25) is 0 Å². The minimum Gasteiger partial charge on any atom is -0.467 e. The Hall–Kier alpha value is -3.92. The number of fused-ring (bicyclic) bond motifs is 1. The Labute approximate surface area is 223 Å². The molecule has 38 heavy (non-hydrogen) atoms. The first-order valence-electron chi connectivity index (χ1n) is 11.9. The molecule has 6 nitrogen and oxygen atoms in total. The molecule has 0 fully saturated rings. The second-order valence-corrected chi connectivity index (χ2v) is 9.66. The van der Waals surface area contributed by atoms with Crippen molar-refractivity contribution >= 4 is 40.6 Å². The summed E-state index contributed by atoms with van der Waals surface area (Å²) >= 11 is 5.25. The molecule has 1 aliphatic heterocycles. The van der Waals surface area contributed by atoms with E-state index in [1.165, 1.54) is 19.2 Å². The van der Waals surface area contributed by atoms with E-state index in [2.05, 4.69) is 10.6 Å². The number of ether oxygens (including phenoxy) is 1. The van der Waals surface area contributed by atoms with Crippen molar-refractivity contribution in [1.82, 2.24) is 4.90 Å². The van der Waals surface area contributed by atoms with Gasteiger partial charge in [-0.1, -0.05) is 38.1 Å². The molecule has 1 amide bonds. The van der Waals surface area contributed by atoms with Gasteiger partial charge in [-0.25, -0.2) is 4.79 Å². The summed E-state index contributed by atoms with van der Waals surface area (Å²) in [6.07, 6.45) is -4.44. The van der Waals surface area contributed by atoms with Gasteiger partial charge in [0.25, 0.3) is 5.91 Å². The van der Waals surface area contributed by atoms with E-state index in [9.17, 15) is 22.8 Å². The van der Waals surface area contributed by atoms with Gasteiger partial charge in [-0.3, -0.25) is 4.79 Å². The highest BCUT2D eigenvalue weighted by atomic mass is 32.1. The first kappa shape index (κ1) is 27.1. The van der Waals surface area contributed by atoms with Crippen LogP contribution in [0.15, 0.2) is 66.7 Å². The number of anilines is 2. The number of alkyl halides is 3. The van der Waals surface area contributed by atoms with Crippen LogP contribution >= 0.6 is 12.2 Å². The van der Waals surface area contributed by atoms with Gasteiger partial charge in [-0.2, -0.15) is 13.2 Å². The molecule has 198 valence electrons. The fourth-order valence-corrected chi connectivity index (χ4v) is 4.68. The number of carbonyl (C=O) groups excluding carboxylic acids is 2. The molecule has 1 atom stereocenters. The lowest BCUT2D eigenvalue weighted by Crippen LogP contribution is -2.45. The Bertz CT molecular complexity index is 1370. The summed E-state index contributed by atoms with van der Waals surface area (Å²) in [5.41, 5.74) is 3.30. The van der Waals surface area contributed by atoms with Crippen molar-refractivity contribution in [3.8, 4) is 11.1 Å². The highest BCUT2D eigenvalue weighted by Crippen LogP contribution is 2.32. The van der Waals surface area contributed by atoms with E-state index in [1.807, 2.05) is 38.1 Å². The van der Waals surface area contributed by atoms with Crippen molar-refractivity contribution in [2.75, 3.05) is 17.7 Å². The van der Waals surface area contributed by atoms with Crippen LogP contribution in [0.1, 0.15) is 35.3 Å². The van der Waals surface area contributed by atoms with E-state index in [0.29, 0.717) is 17.8 Å². The van der Waals surface area contributed by atoms with Crippen LogP contribution in [-0.4, -0.2) is 35.0 Å². The van der Waals surface area contributed by atoms with Crippen LogP contribution in [0.4, 0.5) is 24.5 Å². The number of halogens is 3. The van der Waals surface area contributed by atoms with Crippen LogP contribution < -0.4 is 10.6 Å². The zero-order valence-corrected chi connectivity index (χ0v) is 21.7. The Morgan fingerprint density at radius 1 is 0.974 bits per heavy atom. The number of amides is 1. The number of nitrogens with zero attached hydrogens (tertiary/aromatic N) is 1. The molecule has 2 N–H and O–H groups in total. The zero-order valence-electron chi connectivity index (χ0n) is 20.9. The number of methoxy groups -OCH3 is 1. The SMILES string of the molecule is COC(=O)[C@H](C(C)C)N1Cc2cc(-c3ccc(NC(=S)Nc4cccc(C(F)(F)F)c4)cc3)ccc2C1=O. The van der Waals surface area contributed by atoms with Crippen molar-refractivity contribution < 1.29 is 27.5 Å². The van der Waals surface area contributed by atoms with Gasteiger partial charge >= 0.3 is 12.1 Å². The molecule has 0 aliphatic carbocycles. The standard InChI is InChI=1S/C28H26F3N3O3S/c1-16(2)24(26(36)37-3)34-15-19-13-18(9-12-23(19)25(34)35)17-7-10-21(11-8-17)32-27(38)33-22-6-4-5-20(14-22)28(29,30)31/h4-14,16,24H,15H2,1-3H3,(H2,32,33,38)/t24-/m0/s1. The van der Waals surface area contributed by atoms with Crippen molar-refractivity contribution in [2.45, 2.75) is 32.6 Å². The number of thiocarbonyl (C=S) groups is 1. The Morgan fingerprint density at radius 3 is 2.26 bits per heavy atom. The van der Waals surface area contributed by atoms with Crippen LogP contribution in [0.25, 0.3) is 11.1 Å². The molecule has 0 saturated carbocycles. The molecule has 1 aliphatic rings. The lowest BCUT2D eigenvalue weighted by Gasteiger charge is -2.28. The summed E-state index contributed by atoms with van der Waals surface area (Å²) in [7, 11) is 1.32. The molecule has 1 heterocycles. The number of hydrogen-bond donors (Lipinski definition) is 2. The zero-order chi connectivity index (χ0) is 27.6. The van der Waals surface area contributed by atoms with Crippen LogP contribution in [0.3, 0.4) is 0 Å². The fraction of sp³-hybridized carbons (Fsp3) is 0.250. The van der Waals surface area contributed by atoms with Gasteiger partial charge in [-0.05, 0) is 77.3 Å². The summed E-state index contributed by atoms with van der Waals surface area (Å²) < 4.78 is 43.7. The van der Waals surface area contributed by atoms with Gasteiger partial charge in [0.1, 0.15) is 6.04 Å². The molecule has 4 rings (SSSR count). The highest BCUT2D eigenvalue weighted by molar-refractivity contribution is 7.80. The topological polar surface area (TPSA) is 70.7 Å². The Kier molecular flexibility index (Phi) is 7.73. The average Bonchev–Trinajstić information content (AvgIpc) is 3.19. The van der Waals surface area contributed by atoms with E-state index in [4.69, 9.17) is 17.0 Å². The molecule has 0 bridgehead atoms. The summed E-state index contributed by atoms with van der Waals surface area (Å²) in [5, 5.41) is 5.88. The largest absolute Gasteiger partial charge is 0.467 e. The van der Waals surface area contributed by atoms with Crippen LogP contribution in [0, 0.1) is 5.92 Å². The van der Waals surface area contributed by atoms with Crippen molar-refractivity contribution in [3.63, 3.8) is 0 Å². The Balaban J connectivity index is 1.44. The second-order valence-electron chi connectivity index (χ2n) is 9.25. The van der Waals surface area contributed by atoms with Crippen molar-refractivity contribution in [2.24, 2.45) is 5.92 Å². The molecule has 0 spiro atoms. The number of esters is 1. The van der Waals surface area contributed by atoms with E-state index >= 15 is 0 Å². The summed E-state index contributed by atoms with van der Waals surface area (Å²) in [6, 6.07) is 17.0. The maximum atomic E-state index is 13.0. The number of nitrogens with one attached hydrogen (secondary N) is 2. The molecular weight excluding hydrogens is 515 g/mol. The first-order chi connectivity index (χ1) is 18.0. The van der Waals surface area contributed by atoms with Gasteiger partial charge < -0.3 is 20.3 Å². The van der Waals surface area contributed by atoms with Crippen LogP contribution in [0.2, 0.25) is 0 Å². The van der Waals surface area contributed by atoms with Gasteiger partial charge in [0.15, 0.2) is 5.11 Å². The molecular formula is C28H26F3N3O3S. The van der Waals surface area contributed by atoms with Crippen LogP contribution in [0.5, 0.6) is 0 Å². The van der Waals surface area contributed by atoms with Gasteiger partial charge in [-0.15, -0.1) is 0 Å². The van der Waals surface area contributed by atoms with E-state index in [0.717, 1.165) is 28.8 Å². The number of rotatable bonds is 6. The maximum absolute atomic E-state index is 13.0. The molecule has 3 aromatic carbocycles. The Morgan fingerprint density at radius 2 is 1.63 bits per heavy atom. The molecule has 3 aromatic rings. The molecule has 0 aromatic heterocycles. The molecule has 0 unspecified atom stereocenters. The van der Waals surface area contributed by atoms with Crippen molar-refractivity contribution in [1.29, 1.82) is 0 Å². The predicted octanol–water partition coefficient (Wildman–Crippen LogP) is 6.33. The minimum atomic E-state index is -4.44. The third-order valence-corrected chi connectivity index (χ3v) is 6.48. The minimum absolute atomic E-state index is 0.102. The summed E-state index contributed by atoms with van der Waals surface area (Å²) in [5.74, 6) is -0.740. The quantitative estimate of drug-likeness (QED) is 0.281. The summed E-state index contributed by atoms with van der Waals surface area (Å²) in [6.45, 7) is 4.06. The fourth-order valence-electron chi connectivity index (χ4n) is 4.44. The highest BCUT2D eigenvalue weighted by Gasteiger charge is 2.38. The maximum Gasteiger partial charge on any atom is 0.416 e. The van der Waals surface area contributed by atoms with E-state index < -0.39 is 23.8 Å². The normalized spacial score (nSPS) is 13.8. The third-order valence-electron chi connectivity index (χ3n) is 6.27. The number of carbonyl (C=O) groups is 2. The lowest BCUT2D eigenvalue weighted by molar-refractivity contribution is -0.147. The molecule has 10 heteroatoms. The van der Waals surface area contributed by atoms with Gasteiger partial charge in [0.05, 0.1) is 12.7 Å². The number of hydrogen-bond acceptors (Lipinski definition) is 4. The summed E-state index contributed by atoms with van der Waals surface area (Å²) in [4.78, 5) is 26.9. The molecule has 0 saturated heterocycles. The van der Waals surface area contributed by atoms with E-state index in [1.54, 1.807) is 23.1 Å². The van der Waals surface area contributed by atoms with Gasteiger partial charge in [0, 0.05) is 23.5 Å². The van der Waals surface area contributed by atoms with Crippen molar-refractivity contribution in [3.05, 3.63) is 83.4 Å².